The molecule has 18 heavy (non-hydrogen) atoms. The lowest BCUT2D eigenvalue weighted by atomic mass is 10.3. The van der Waals surface area contributed by atoms with E-state index >= 15 is 0 Å². The minimum atomic E-state index is 0.779. The van der Waals surface area contributed by atoms with Crippen molar-refractivity contribution in [2.45, 2.75) is 0 Å². The van der Waals surface area contributed by atoms with Crippen LogP contribution in [0.25, 0.3) is 16.7 Å². The Morgan fingerprint density at radius 2 is 2.17 bits per heavy atom. The molecule has 1 N–H and O–H groups in total. The second kappa shape index (κ2) is 4.38. The van der Waals surface area contributed by atoms with E-state index in [1.165, 1.54) is 6.33 Å². The fourth-order valence-corrected chi connectivity index (χ4v) is 2.23. The largest absolute Gasteiger partial charge is 0.372 e. The molecule has 1 aromatic carbocycles. The first-order chi connectivity index (χ1) is 8.79. The summed E-state index contributed by atoms with van der Waals surface area (Å²) >= 11 is 3.45. The molecule has 0 aliphatic heterocycles. The molecule has 0 saturated heterocycles. The molecule has 0 radical (unpaired) electrons. The van der Waals surface area contributed by atoms with Crippen LogP contribution in [0.2, 0.25) is 0 Å². The lowest BCUT2D eigenvalue weighted by Gasteiger charge is -2.04. The Morgan fingerprint density at radius 1 is 1.28 bits per heavy atom. The Kier molecular flexibility index (Phi) is 2.71. The normalized spacial score (nSPS) is 10.8. The van der Waals surface area contributed by atoms with E-state index in [0.29, 0.717) is 0 Å². The lowest BCUT2D eigenvalue weighted by Crippen LogP contribution is -1.99. The van der Waals surface area contributed by atoms with Gasteiger partial charge in [0.25, 0.3) is 0 Å². The Hall–Kier alpha value is -1.95. The molecule has 0 saturated carbocycles. The molecule has 0 amide bonds. The zero-order chi connectivity index (χ0) is 12.5. The van der Waals surface area contributed by atoms with E-state index in [1.807, 2.05) is 31.3 Å². The van der Waals surface area contributed by atoms with Crippen molar-refractivity contribution in [3.05, 3.63) is 41.3 Å². The summed E-state index contributed by atoms with van der Waals surface area (Å²) in [6, 6.07) is 7.92. The number of hydrogen-bond donors (Lipinski definition) is 1. The topological polar surface area (TPSA) is 55.6 Å². The molecule has 90 valence electrons. The molecule has 0 fully saturated rings. The van der Waals surface area contributed by atoms with Crippen molar-refractivity contribution in [1.82, 2.24) is 19.7 Å². The molecule has 0 bridgehead atoms. The Balaban J connectivity index is 2.25. The maximum atomic E-state index is 4.37. The first-order valence-electron chi connectivity index (χ1n) is 5.42. The fourth-order valence-electron chi connectivity index (χ4n) is 1.84. The molecule has 2 aromatic heterocycles. The highest BCUT2D eigenvalue weighted by Crippen LogP contribution is 2.22. The number of nitrogens with zero attached hydrogens (tertiary/aromatic N) is 4. The quantitative estimate of drug-likeness (QED) is 0.791. The van der Waals surface area contributed by atoms with E-state index < -0.39 is 0 Å². The van der Waals surface area contributed by atoms with Crippen molar-refractivity contribution >= 4 is 32.8 Å². The summed E-state index contributed by atoms with van der Waals surface area (Å²) in [5.74, 6) is 0.779. The van der Waals surface area contributed by atoms with Gasteiger partial charge in [0, 0.05) is 11.5 Å². The molecule has 3 rings (SSSR count). The minimum Gasteiger partial charge on any atom is -0.372 e. The van der Waals surface area contributed by atoms with Gasteiger partial charge in [-0.25, -0.2) is 14.6 Å². The third-order valence-corrected chi connectivity index (χ3v) is 3.15. The van der Waals surface area contributed by atoms with Gasteiger partial charge in [-0.2, -0.15) is 5.10 Å². The first-order valence-corrected chi connectivity index (χ1v) is 6.21. The average Bonchev–Trinajstić information content (AvgIpc) is 2.82. The number of rotatable bonds is 2. The minimum absolute atomic E-state index is 0.779. The summed E-state index contributed by atoms with van der Waals surface area (Å²) in [4.78, 5) is 8.45. The van der Waals surface area contributed by atoms with Gasteiger partial charge in [0.2, 0.25) is 0 Å². The molecule has 0 unspecified atom stereocenters. The smallest absolute Gasteiger partial charge is 0.168 e. The van der Waals surface area contributed by atoms with Crippen molar-refractivity contribution in [2.24, 2.45) is 0 Å². The van der Waals surface area contributed by atoms with Crippen molar-refractivity contribution in [2.75, 3.05) is 12.4 Å². The average molecular weight is 304 g/mol. The highest BCUT2D eigenvalue weighted by Gasteiger charge is 2.09. The van der Waals surface area contributed by atoms with Gasteiger partial charge in [0.15, 0.2) is 5.65 Å². The summed E-state index contributed by atoms with van der Waals surface area (Å²) < 4.78 is 2.80. The zero-order valence-electron chi connectivity index (χ0n) is 9.63. The van der Waals surface area contributed by atoms with Crippen LogP contribution in [-0.4, -0.2) is 26.8 Å². The molecule has 2 heterocycles. The first kappa shape index (κ1) is 11.2. The maximum absolute atomic E-state index is 4.37. The van der Waals surface area contributed by atoms with Crippen LogP contribution in [-0.2, 0) is 0 Å². The summed E-state index contributed by atoms with van der Waals surface area (Å²) in [5.41, 5.74) is 1.74. The predicted octanol–water partition coefficient (Wildman–Crippen LogP) is 2.62. The molecule has 0 aliphatic rings. The van der Waals surface area contributed by atoms with Gasteiger partial charge in [-0.05, 0) is 18.2 Å². The van der Waals surface area contributed by atoms with Crippen molar-refractivity contribution in [1.29, 1.82) is 0 Å². The van der Waals surface area contributed by atoms with Gasteiger partial charge < -0.3 is 5.32 Å². The van der Waals surface area contributed by atoms with E-state index in [1.54, 1.807) is 10.9 Å². The highest BCUT2D eigenvalue weighted by molar-refractivity contribution is 9.10. The van der Waals surface area contributed by atoms with Crippen molar-refractivity contribution < 1.29 is 0 Å². The summed E-state index contributed by atoms with van der Waals surface area (Å²) in [6.07, 6.45) is 3.30. The number of hydrogen-bond acceptors (Lipinski definition) is 4. The second-order valence-electron chi connectivity index (χ2n) is 3.75. The van der Waals surface area contributed by atoms with Crippen LogP contribution in [0, 0.1) is 0 Å². The van der Waals surface area contributed by atoms with E-state index in [2.05, 4.69) is 36.3 Å². The van der Waals surface area contributed by atoms with Crippen molar-refractivity contribution in [3.8, 4) is 5.69 Å². The van der Waals surface area contributed by atoms with Crippen LogP contribution < -0.4 is 5.32 Å². The number of fused-ring (bicyclic) bond motifs is 1. The Morgan fingerprint density at radius 3 is 2.94 bits per heavy atom. The predicted molar refractivity (Wildman–Crippen MR) is 73.9 cm³/mol. The lowest BCUT2D eigenvalue weighted by molar-refractivity contribution is 0.894. The van der Waals surface area contributed by atoms with Gasteiger partial charge >= 0.3 is 0 Å². The van der Waals surface area contributed by atoms with Crippen LogP contribution in [0.15, 0.2) is 41.3 Å². The van der Waals surface area contributed by atoms with Crippen LogP contribution in [0.3, 0.4) is 0 Å². The molecule has 5 nitrogen and oxygen atoms in total. The number of aromatic nitrogens is 4. The monoisotopic (exact) mass is 303 g/mol. The third-order valence-electron chi connectivity index (χ3n) is 2.66. The van der Waals surface area contributed by atoms with Gasteiger partial charge in [0.05, 0.1) is 17.3 Å². The van der Waals surface area contributed by atoms with Crippen molar-refractivity contribution in [3.63, 3.8) is 0 Å². The fraction of sp³-hybridized carbons (Fsp3) is 0.0833. The molecule has 3 aromatic rings. The van der Waals surface area contributed by atoms with Crippen LogP contribution in [0.4, 0.5) is 5.82 Å². The summed E-state index contributed by atoms with van der Waals surface area (Å²) in [7, 11) is 1.83. The molecule has 0 aliphatic carbocycles. The zero-order valence-corrected chi connectivity index (χ0v) is 11.2. The van der Waals surface area contributed by atoms with E-state index in [-0.39, 0.29) is 0 Å². The SMILES string of the molecule is CNc1ncnc2c1cnn2-c1cccc(Br)c1. The highest BCUT2D eigenvalue weighted by atomic mass is 79.9. The number of benzene rings is 1. The van der Waals surface area contributed by atoms with Crippen LogP contribution in [0.5, 0.6) is 0 Å². The Bertz CT molecular complexity index is 707. The van der Waals surface area contributed by atoms with E-state index in [4.69, 9.17) is 0 Å². The number of nitrogens with one attached hydrogen (secondary N) is 1. The molecule has 0 atom stereocenters. The van der Waals surface area contributed by atoms with Gasteiger partial charge in [-0.1, -0.05) is 22.0 Å². The maximum Gasteiger partial charge on any atom is 0.168 e. The standard InChI is InChI=1S/C12H10BrN5/c1-14-11-10-6-17-18(12(10)16-7-15-11)9-4-2-3-8(13)5-9/h2-7H,1H3,(H,14,15,16). The third kappa shape index (κ3) is 1.74. The summed E-state index contributed by atoms with van der Waals surface area (Å²) in [6.45, 7) is 0. The van der Waals surface area contributed by atoms with Crippen LogP contribution >= 0.6 is 15.9 Å². The number of anilines is 1. The van der Waals surface area contributed by atoms with E-state index in [9.17, 15) is 0 Å². The number of halogens is 1. The van der Waals surface area contributed by atoms with Gasteiger partial charge in [-0.15, -0.1) is 0 Å². The summed E-state index contributed by atoms with van der Waals surface area (Å²) in [5, 5.41) is 8.30. The molecule has 0 spiro atoms. The van der Waals surface area contributed by atoms with Crippen LogP contribution in [0.1, 0.15) is 0 Å². The molecular weight excluding hydrogens is 294 g/mol. The van der Waals surface area contributed by atoms with Gasteiger partial charge in [-0.3, -0.25) is 0 Å². The van der Waals surface area contributed by atoms with Gasteiger partial charge in [0.1, 0.15) is 12.1 Å². The molecule has 6 heteroatoms. The molecular formula is C12H10BrN5. The second-order valence-corrected chi connectivity index (χ2v) is 4.66. The Labute approximate surface area is 112 Å². The van der Waals surface area contributed by atoms with E-state index in [0.717, 1.165) is 27.0 Å².